The molecule has 0 aliphatic heterocycles. The van der Waals surface area contributed by atoms with Crippen LogP contribution in [0.15, 0.2) is 151 Å². The normalized spacial score (nSPS) is 11.3. The van der Waals surface area contributed by atoms with Crippen LogP contribution in [0.25, 0.3) is 11.1 Å². The summed E-state index contributed by atoms with van der Waals surface area (Å²) in [5.74, 6) is 2.45. The number of benzene rings is 5. The van der Waals surface area contributed by atoms with Crippen molar-refractivity contribution in [2.45, 2.75) is 23.7 Å². The molecule has 5 N–H and O–H groups in total. The maximum atomic E-state index is 13.4. The molecule has 0 saturated heterocycles. The number of halogens is 8. The van der Waals surface area contributed by atoms with E-state index in [1.807, 2.05) is 42.5 Å². The number of alkyl halides is 6. The third-order valence-electron chi connectivity index (χ3n) is 9.38. The third-order valence-corrected chi connectivity index (χ3v) is 10.8. The molecule has 12 nitrogen and oxygen atoms in total. The fraction of sp³-hybridized carbons (Fsp3) is 0.0851. The molecule has 0 radical (unpaired) electrons. The molecule has 0 spiro atoms. The molecule has 0 aliphatic carbocycles. The van der Waals surface area contributed by atoms with E-state index in [0.717, 1.165) is 52.4 Å². The minimum Gasteiger partial charge on any atom is -0.506 e. The molecule has 0 fully saturated rings. The fourth-order valence-corrected chi connectivity index (χ4v) is 7.06. The van der Waals surface area contributed by atoms with Crippen molar-refractivity contribution in [3.05, 3.63) is 185 Å². The first-order chi connectivity index (χ1) is 32.2. The molecule has 348 valence electrons. The number of rotatable bonds is 10. The van der Waals surface area contributed by atoms with Gasteiger partial charge in [-0.1, -0.05) is 48.4 Å². The number of phenols is 1. The summed E-state index contributed by atoms with van der Waals surface area (Å²) in [5.41, 5.74) is 4.07. The van der Waals surface area contributed by atoms with E-state index in [2.05, 4.69) is 37.1 Å². The van der Waals surface area contributed by atoms with Gasteiger partial charge >= 0.3 is 12.4 Å². The second-order valence-corrected chi connectivity index (χ2v) is 15.9. The number of aromatic nitrogens is 3. The van der Waals surface area contributed by atoms with E-state index < -0.39 is 69.1 Å². The van der Waals surface area contributed by atoms with Crippen molar-refractivity contribution in [3.8, 4) is 28.7 Å². The summed E-state index contributed by atoms with van der Waals surface area (Å²) in [6, 6.07) is 32.3. The SMILES string of the molecule is Nc1ccc(C#CCN(C(=O)Cc2ncc(C(F)(F)F)cc2C(F)(F)F)c2ccc(F)cc2)nn1.O=C(Nc1ccc(O)c(NS(=O)(=O)c2ccc(F)cc2)c1)c1ccc(-c2ccccc2)cc1. The number of hydrogen-bond acceptors (Lipinski definition) is 9. The van der Waals surface area contributed by atoms with Gasteiger partial charge in [-0.15, -0.1) is 10.2 Å². The molecule has 2 aromatic heterocycles. The average Bonchev–Trinajstić information content (AvgIpc) is 3.30. The quantitative estimate of drug-likeness (QED) is 0.0450. The van der Waals surface area contributed by atoms with Crippen molar-refractivity contribution >= 4 is 44.7 Å². The Kier molecular flexibility index (Phi) is 15.0. The summed E-state index contributed by atoms with van der Waals surface area (Å²) in [7, 11) is -4.07. The van der Waals surface area contributed by atoms with Crippen LogP contribution >= 0.6 is 0 Å². The van der Waals surface area contributed by atoms with Crippen LogP contribution in [-0.4, -0.2) is 47.1 Å². The first-order valence-electron chi connectivity index (χ1n) is 19.5. The zero-order valence-electron chi connectivity index (χ0n) is 34.6. The lowest BCUT2D eigenvalue weighted by atomic mass is 10.0. The number of amides is 2. The van der Waals surface area contributed by atoms with E-state index in [0.29, 0.717) is 5.56 Å². The molecule has 0 unspecified atom stereocenters. The molecule has 0 aliphatic rings. The molecule has 21 heteroatoms. The van der Waals surface area contributed by atoms with Gasteiger partial charge in [0.25, 0.3) is 15.9 Å². The van der Waals surface area contributed by atoms with Crippen molar-refractivity contribution in [2.24, 2.45) is 0 Å². The van der Waals surface area contributed by atoms with Gasteiger partial charge < -0.3 is 21.1 Å². The van der Waals surface area contributed by atoms with Gasteiger partial charge in [-0.25, -0.2) is 17.2 Å². The van der Waals surface area contributed by atoms with Crippen molar-refractivity contribution in [1.29, 1.82) is 0 Å². The fourth-order valence-electron chi connectivity index (χ4n) is 6.00. The summed E-state index contributed by atoms with van der Waals surface area (Å²) < 4.78 is 133. The molecule has 5 aromatic carbocycles. The molecular formula is C47H33F8N7O5S. The van der Waals surface area contributed by atoms with Gasteiger partial charge in [-0.3, -0.25) is 19.3 Å². The molecular weight excluding hydrogens is 927 g/mol. The Labute approximate surface area is 382 Å². The monoisotopic (exact) mass is 959 g/mol. The smallest absolute Gasteiger partial charge is 0.418 e. The Bertz CT molecular complexity index is 3080. The lowest BCUT2D eigenvalue weighted by molar-refractivity contribution is -0.144. The van der Waals surface area contributed by atoms with E-state index in [1.54, 1.807) is 12.1 Å². The molecule has 0 bridgehead atoms. The minimum absolute atomic E-state index is 0.0922. The highest BCUT2D eigenvalue weighted by atomic mass is 32.2. The van der Waals surface area contributed by atoms with Crippen molar-refractivity contribution in [1.82, 2.24) is 15.2 Å². The highest BCUT2D eigenvalue weighted by molar-refractivity contribution is 7.92. The number of nitrogens with zero attached hydrogens (tertiary/aromatic N) is 4. The lowest BCUT2D eigenvalue weighted by Gasteiger charge is -2.21. The van der Waals surface area contributed by atoms with E-state index >= 15 is 0 Å². The molecule has 2 amide bonds. The van der Waals surface area contributed by atoms with Crippen LogP contribution in [0.3, 0.4) is 0 Å². The van der Waals surface area contributed by atoms with Gasteiger partial charge in [-0.2, -0.15) is 26.3 Å². The van der Waals surface area contributed by atoms with E-state index in [-0.39, 0.29) is 58.0 Å². The maximum absolute atomic E-state index is 13.4. The van der Waals surface area contributed by atoms with Gasteiger partial charge in [0, 0.05) is 23.1 Å². The number of carbonyl (C=O) groups is 2. The number of carbonyl (C=O) groups excluding carboxylic acids is 2. The Morgan fingerprint density at radius 2 is 1.37 bits per heavy atom. The van der Waals surface area contributed by atoms with E-state index in [1.165, 1.54) is 42.5 Å². The van der Waals surface area contributed by atoms with E-state index in [4.69, 9.17) is 5.73 Å². The predicted molar refractivity (Wildman–Crippen MR) is 235 cm³/mol. The van der Waals surface area contributed by atoms with Gasteiger partial charge in [0.15, 0.2) is 0 Å². The van der Waals surface area contributed by atoms with Gasteiger partial charge in [0.2, 0.25) is 5.91 Å². The Hall–Kier alpha value is -8.38. The maximum Gasteiger partial charge on any atom is 0.418 e. The zero-order chi connectivity index (χ0) is 49.2. The number of aromatic hydroxyl groups is 1. The first-order valence-corrected chi connectivity index (χ1v) is 21.0. The van der Waals surface area contributed by atoms with E-state index in [9.17, 15) is 58.2 Å². The minimum atomic E-state index is -5.20. The summed E-state index contributed by atoms with van der Waals surface area (Å²) in [4.78, 5) is 29.6. The van der Waals surface area contributed by atoms with Crippen molar-refractivity contribution in [3.63, 3.8) is 0 Å². The second kappa shape index (κ2) is 20.8. The van der Waals surface area contributed by atoms with Gasteiger partial charge in [-0.05, 0) is 114 Å². The van der Waals surface area contributed by atoms with Crippen molar-refractivity contribution in [2.75, 3.05) is 27.2 Å². The summed E-state index contributed by atoms with van der Waals surface area (Å²) in [6.45, 7) is -0.363. The molecule has 7 aromatic rings. The number of nitrogen functional groups attached to an aromatic ring is 1. The van der Waals surface area contributed by atoms with Crippen LogP contribution in [0.2, 0.25) is 0 Å². The number of nitrogens with one attached hydrogen (secondary N) is 2. The van der Waals surface area contributed by atoms with Crippen molar-refractivity contribution < 1.29 is 58.2 Å². The number of phenolic OH excluding ortho intramolecular Hbond substituents is 1. The number of hydrogen-bond donors (Lipinski definition) is 4. The summed E-state index contributed by atoms with van der Waals surface area (Å²) in [6.07, 6.45) is -11.0. The average molecular weight is 960 g/mol. The first kappa shape index (κ1) is 49.1. The number of anilines is 4. The number of nitrogens with two attached hydrogens (primary N) is 1. The largest absolute Gasteiger partial charge is 0.506 e. The predicted octanol–water partition coefficient (Wildman–Crippen LogP) is 9.51. The number of pyridine rings is 1. The summed E-state index contributed by atoms with van der Waals surface area (Å²) >= 11 is 0. The zero-order valence-corrected chi connectivity index (χ0v) is 35.5. The Balaban J connectivity index is 0.000000224. The van der Waals surface area contributed by atoms with Crippen LogP contribution in [-0.2, 0) is 33.6 Å². The second-order valence-electron chi connectivity index (χ2n) is 14.2. The topological polar surface area (TPSA) is 180 Å². The van der Waals surface area contributed by atoms with Crippen LogP contribution < -0.4 is 20.7 Å². The third kappa shape index (κ3) is 13.1. The molecule has 7 rings (SSSR count). The molecule has 0 atom stereocenters. The highest BCUT2D eigenvalue weighted by Gasteiger charge is 2.39. The number of sulfonamides is 1. The highest BCUT2D eigenvalue weighted by Crippen LogP contribution is 2.37. The molecule has 0 saturated carbocycles. The van der Waals surface area contributed by atoms with Gasteiger partial charge in [0.1, 0.15) is 28.9 Å². The summed E-state index contributed by atoms with van der Waals surface area (Å²) in [5, 5.41) is 20.1. The molecule has 68 heavy (non-hydrogen) atoms. The van der Waals surface area contributed by atoms with Crippen LogP contribution in [0.4, 0.5) is 58.0 Å². The molecule has 2 heterocycles. The Morgan fingerprint density at radius 3 is 1.97 bits per heavy atom. The van der Waals surface area contributed by atoms with Crippen LogP contribution in [0.1, 0.15) is 32.9 Å². The Morgan fingerprint density at radius 1 is 0.735 bits per heavy atom. The van der Waals surface area contributed by atoms with Crippen LogP contribution in [0.5, 0.6) is 5.75 Å². The van der Waals surface area contributed by atoms with Crippen LogP contribution in [0, 0.1) is 23.5 Å². The van der Waals surface area contributed by atoms with Gasteiger partial charge in [0.05, 0.1) is 40.4 Å². The lowest BCUT2D eigenvalue weighted by Crippen LogP contribution is -2.33. The standard InChI is InChI=1S/C25H19FN2O4S.C22H14F7N5O/c26-20-10-13-22(14-11-20)33(31,32)28-23-16-21(12-15-24(23)29)27-25(30)19-8-6-18(7-9-19)17-4-2-1-3-5-17;23-14-3-6-16(7-4-14)34(9-1-2-15-5-8-19(30)33-32-15)20(35)11-18-17(22(27,28)29)10-13(12-31-18)21(24,25)26/h1-16,28-29H,(H,27,30);3-8,10,12H,9,11H2,(H2,30,33).